The molecule has 1 atom stereocenters. The van der Waals surface area contributed by atoms with Crippen molar-refractivity contribution in [2.75, 3.05) is 25.0 Å². The summed E-state index contributed by atoms with van der Waals surface area (Å²) in [5.41, 5.74) is 0.471. The summed E-state index contributed by atoms with van der Waals surface area (Å²) in [6, 6.07) is 3.78. The molecule has 7 heteroatoms. The van der Waals surface area contributed by atoms with Gasteiger partial charge in [-0.05, 0) is 57.5 Å². The molecular weight excluding hydrogens is 357 g/mol. The van der Waals surface area contributed by atoms with Gasteiger partial charge in [-0.25, -0.2) is 4.39 Å². The number of unbranched alkanes of at least 4 members (excludes halogenated alkanes) is 1. The zero-order valence-electron chi connectivity index (χ0n) is 15.4. The van der Waals surface area contributed by atoms with Crippen LogP contribution in [0.4, 0.5) is 10.1 Å². The highest BCUT2D eigenvalue weighted by atomic mass is 35.5. The number of rotatable bonds is 7. The fourth-order valence-corrected chi connectivity index (χ4v) is 3.25. The van der Waals surface area contributed by atoms with Crippen LogP contribution in [0.15, 0.2) is 18.2 Å². The third-order valence-electron chi connectivity index (χ3n) is 4.84. The molecule has 26 heavy (non-hydrogen) atoms. The molecule has 2 rings (SSSR count). The third kappa shape index (κ3) is 5.68. The zero-order valence-corrected chi connectivity index (χ0v) is 16.1. The Morgan fingerprint density at radius 3 is 2.65 bits per heavy atom. The first-order chi connectivity index (χ1) is 12.4. The summed E-state index contributed by atoms with van der Waals surface area (Å²) < 4.78 is 13.2. The Morgan fingerprint density at radius 2 is 2.04 bits per heavy atom. The second kappa shape index (κ2) is 9.88. The predicted octanol–water partition coefficient (Wildman–Crippen LogP) is 3.43. The number of anilines is 1. The normalized spacial score (nSPS) is 16.9. The molecule has 0 saturated carbocycles. The van der Waals surface area contributed by atoms with Crippen molar-refractivity contribution >= 4 is 29.1 Å². The first-order valence-corrected chi connectivity index (χ1v) is 9.57. The molecule has 0 radical (unpaired) electrons. The van der Waals surface area contributed by atoms with E-state index >= 15 is 0 Å². The minimum atomic E-state index is -0.517. The summed E-state index contributed by atoms with van der Waals surface area (Å²) in [6.45, 7) is 6.06. The van der Waals surface area contributed by atoms with E-state index in [2.05, 4.69) is 22.5 Å². The molecule has 1 aliphatic heterocycles. The van der Waals surface area contributed by atoms with Crippen LogP contribution in [0.2, 0.25) is 5.02 Å². The van der Waals surface area contributed by atoms with Crippen LogP contribution in [0.25, 0.3) is 0 Å². The van der Waals surface area contributed by atoms with Crippen molar-refractivity contribution in [1.82, 2.24) is 10.2 Å². The van der Waals surface area contributed by atoms with Gasteiger partial charge in [0.1, 0.15) is 5.82 Å². The molecule has 2 amide bonds. The van der Waals surface area contributed by atoms with E-state index in [1.165, 1.54) is 18.2 Å². The number of piperidine rings is 1. The van der Waals surface area contributed by atoms with Crippen LogP contribution in [0.5, 0.6) is 0 Å². The minimum Gasteiger partial charge on any atom is -0.356 e. The number of amides is 2. The van der Waals surface area contributed by atoms with E-state index in [9.17, 15) is 14.0 Å². The van der Waals surface area contributed by atoms with E-state index < -0.39 is 5.82 Å². The molecule has 1 aromatic rings. The molecule has 0 unspecified atom stereocenters. The van der Waals surface area contributed by atoms with Crippen molar-refractivity contribution < 1.29 is 14.0 Å². The summed E-state index contributed by atoms with van der Waals surface area (Å²) >= 11 is 5.74. The van der Waals surface area contributed by atoms with Gasteiger partial charge < -0.3 is 10.6 Å². The average Bonchev–Trinajstić information content (AvgIpc) is 2.64. The second-order valence-corrected chi connectivity index (χ2v) is 7.16. The first kappa shape index (κ1) is 20.6. The summed E-state index contributed by atoms with van der Waals surface area (Å²) in [7, 11) is 0. The smallest absolute Gasteiger partial charge is 0.241 e. The van der Waals surface area contributed by atoms with Crippen LogP contribution in [0.1, 0.15) is 39.5 Å². The van der Waals surface area contributed by atoms with Crippen molar-refractivity contribution in [3.63, 3.8) is 0 Å². The van der Waals surface area contributed by atoms with E-state index in [0.29, 0.717) is 18.8 Å². The highest BCUT2D eigenvalue weighted by molar-refractivity contribution is 6.31. The Kier molecular flexibility index (Phi) is 7.85. The van der Waals surface area contributed by atoms with Gasteiger partial charge in [0.25, 0.3) is 0 Å². The van der Waals surface area contributed by atoms with Crippen LogP contribution in [-0.2, 0) is 9.59 Å². The highest BCUT2D eigenvalue weighted by Gasteiger charge is 2.29. The predicted molar refractivity (Wildman–Crippen MR) is 102 cm³/mol. The number of carbonyl (C=O) groups is 2. The molecule has 2 N–H and O–H groups in total. The van der Waals surface area contributed by atoms with Gasteiger partial charge in [-0.1, -0.05) is 24.9 Å². The van der Waals surface area contributed by atoms with Gasteiger partial charge in [0.15, 0.2) is 0 Å². The van der Waals surface area contributed by atoms with E-state index in [4.69, 9.17) is 11.6 Å². The van der Waals surface area contributed by atoms with Gasteiger partial charge >= 0.3 is 0 Å². The molecule has 0 bridgehead atoms. The number of hydrogen-bond acceptors (Lipinski definition) is 3. The Hall–Kier alpha value is -1.66. The Balaban J connectivity index is 1.81. The van der Waals surface area contributed by atoms with Gasteiger partial charge in [-0.15, -0.1) is 0 Å². The second-order valence-electron chi connectivity index (χ2n) is 6.75. The molecule has 1 heterocycles. The van der Waals surface area contributed by atoms with Gasteiger partial charge in [0.05, 0.1) is 11.1 Å². The highest BCUT2D eigenvalue weighted by Crippen LogP contribution is 2.22. The number of nitrogens with zero attached hydrogens (tertiary/aromatic N) is 1. The summed E-state index contributed by atoms with van der Waals surface area (Å²) in [6.07, 6.45) is 3.55. The fraction of sp³-hybridized carbons (Fsp3) is 0.579. The SMILES string of the molecule is CCCCNC(=O)C1CCN([C@H](C)C(=O)Nc2ccc(F)c(Cl)c2)CC1. The lowest BCUT2D eigenvalue weighted by Crippen LogP contribution is -2.48. The molecule has 1 aromatic carbocycles. The van der Waals surface area contributed by atoms with Crippen molar-refractivity contribution in [2.24, 2.45) is 5.92 Å². The van der Waals surface area contributed by atoms with Crippen molar-refractivity contribution in [2.45, 2.75) is 45.6 Å². The van der Waals surface area contributed by atoms with E-state index in [1.807, 2.05) is 6.92 Å². The molecule has 1 saturated heterocycles. The van der Waals surface area contributed by atoms with Crippen molar-refractivity contribution in [1.29, 1.82) is 0 Å². The van der Waals surface area contributed by atoms with E-state index in [1.54, 1.807) is 0 Å². The van der Waals surface area contributed by atoms with Crippen molar-refractivity contribution in [3.8, 4) is 0 Å². The van der Waals surface area contributed by atoms with Crippen LogP contribution >= 0.6 is 11.6 Å². The van der Waals surface area contributed by atoms with Gasteiger partial charge in [0, 0.05) is 18.2 Å². The maximum absolute atomic E-state index is 13.2. The van der Waals surface area contributed by atoms with Crippen LogP contribution in [-0.4, -0.2) is 42.4 Å². The van der Waals surface area contributed by atoms with Gasteiger partial charge in [-0.3, -0.25) is 14.5 Å². The van der Waals surface area contributed by atoms with Crippen LogP contribution < -0.4 is 10.6 Å². The number of likely N-dealkylation sites (tertiary alicyclic amines) is 1. The Morgan fingerprint density at radius 1 is 1.35 bits per heavy atom. The molecular formula is C19H27ClFN3O2. The molecule has 0 aromatic heterocycles. The van der Waals surface area contributed by atoms with E-state index in [0.717, 1.165) is 32.2 Å². The fourth-order valence-electron chi connectivity index (χ4n) is 3.07. The summed E-state index contributed by atoms with van der Waals surface area (Å²) in [5, 5.41) is 5.72. The average molecular weight is 384 g/mol. The topological polar surface area (TPSA) is 61.4 Å². The minimum absolute atomic E-state index is 0.0225. The number of carbonyl (C=O) groups excluding carboxylic acids is 2. The Labute approximate surface area is 159 Å². The lowest BCUT2D eigenvalue weighted by Gasteiger charge is -2.34. The number of halogens is 2. The largest absolute Gasteiger partial charge is 0.356 e. The zero-order chi connectivity index (χ0) is 19.1. The lowest BCUT2D eigenvalue weighted by molar-refractivity contribution is -0.127. The van der Waals surface area contributed by atoms with Crippen LogP contribution in [0.3, 0.4) is 0 Å². The number of hydrogen-bond donors (Lipinski definition) is 2. The quantitative estimate of drug-likeness (QED) is 0.709. The summed E-state index contributed by atoms with van der Waals surface area (Å²) in [4.78, 5) is 26.6. The number of nitrogens with one attached hydrogen (secondary N) is 2. The molecule has 1 aliphatic rings. The number of benzene rings is 1. The van der Waals surface area contributed by atoms with E-state index in [-0.39, 0.29) is 28.8 Å². The van der Waals surface area contributed by atoms with Crippen LogP contribution in [0, 0.1) is 11.7 Å². The summed E-state index contributed by atoms with van der Waals surface area (Å²) in [5.74, 6) is -0.541. The molecule has 1 fully saturated rings. The van der Waals surface area contributed by atoms with Crippen molar-refractivity contribution in [3.05, 3.63) is 29.0 Å². The first-order valence-electron chi connectivity index (χ1n) is 9.20. The Bertz CT molecular complexity index is 633. The monoisotopic (exact) mass is 383 g/mol. The maximum atomic E-state index is 13.2. The molecule has 0 spiro atoms. The van der Waals surface area contributed by atoms with Gasteiger partial charge in [0.2, 0.25) is 11.8 Å². The molecule has 144 valence electrons. The molecule has 0 aliphatic carbocycles. The third-order valence-corrected chi connectivity index (χ3v) is 5.13. The van der Waals surface area contributed by atoms with Gasteiger partial charge in [-0.2, -0.15) is 0 Å². The molecule has 5 nitrogen and oxygen atoms in total. The lowest BCUT2D eigenvalue weighted by atomic mass is 9.95. The maximum Gasteiger partial charge on any atom is 0.241 e. The standard InChI is InChI=1S/C19H27ClFN3O2/c1-3-4-9-22-19(26)14-7-10-24(11-8-14)13(2)18(25)23-15-5-6-17(21)16(20)12-15/h5-6,12-14H,3-4,7-11H2,1-2H3,(H,22,26)(H,23,25)/t13-/m1/s1.